The first kappa shape index (κ1) is 10.4. The number of halogens is 2. The van der Waals surface area contributed by atoms with Crippen molar-refractivity contribution < 1.29 is 13.9 Å². The number of ether oxygens (including phenoxy) is 1. The Morgan fingerprint density at radius 1 is 1.60 bits per heavy atom. The highest BCUT2D eigenvalue weighted by Crippen LogP contribution is 2.33. The predicted molar refractivity (Wildman–Crippen MR) is 57.4 cm³/mol. The first-order valence-corrected chi connectivity index (χ1v) is 5.30. The number of amides is 1. The summed E-state index contributed by atoms with van der Waals surface area (Å²) in [4.78, 5) is 11.5. The zero-order chi connectivity index (χ0) is 11.0. The number of nitrogens with one attached hydrogen (secondary N) is 1. The molecule has 0 fully saturated rings. The summed E-state index contributed by atoms with van der Waals surface area (Å²) in [7, 11) is 0. The Balaban J connectivity index is 2.47. The third-order valence-corrected chi connectivity index (χ3v) is 2.65. The number of carbonyl (C=O) groups excluding carboxylic acids is 1. The van der Waals surface area contributed by atoms with E-state index in [1.54, 1.807) is 13.0 Å². The molecule has 3 nitrogen and oxygen atoms in total. The van der Waals surface area contributed by atoms with Crippen LogP contribution in [0.1, 0.15) is 6.92 Å². The topological polar surface area (TPSA) is 38.3 Å². The molecule has 1 amide bonds. The Kier molecular flexibility index (Phi) is 2.65. The SMILES string of the molecule is CC1COc2c(F)cc(Br)cc2NC1=O. The van der Waals surface area contributed by atoms with Crippen molar-refractivity contribution in [3.8, 4) is 5.75 Å². The van der Waals surface area contributed by atoms with E-state index in [-0.39, 0.29) is 24.2 Å². The molecule has 1 aliphatic heterocycles. The second kappa shape index (κ2) is 3.81. The van der Waals surface area contributed by atoms with Gasteiger partial charge in [-0.05, 0) is 12.1 Å². The summed E-state index contributed by atoms with van der Waals surface area (Å²) in [6.45, 7) is 1.92. The summed E-state index contributed by atoms with van der Waals surface area (Å²) in [5.74, 6) is -0.813. The number of hydrogen-bond acceptors (Lipinski definition) is 2. The van der Waals surface area contributed by atoms with Crippen molar-refractivity contribution >= 4 is 27.5 Å². The van der Waals surface area contributed by atoms with Crippen molar-refractivity contribution in [1.29, 1.82) is 0 Å². The van der Waals surface area contributed by atoms with Crippen LogP contribution < -0.4 is 10.1 Å². The van der Waals surface area contributed by atoms with Gasteiger partial charge >= 0.3 is 0 Å². The lowest BCUT2D eigenvalue weighted by atomic mass is 10.2. The fourth-order valence-electron chi connectivity index (χ4n) is 1.34. The van der Waals surface area contributed by atoms with Crippen LogP contribution >= 0.6 is 15.9 Å². The lowest BCUT2D eigenvalue weighted by Gasteiger charge is -2.08. The molecule has 1 aliphatic rings. The highest BCUT2D eigenvalue weighted by atomic mass is 79.9. The molecule has 5 heteroatoms. The van der Waals surface area contributed by atoms with E-state index in [4.69, 9.17) is 4.74 Å². The Hall–Kier alpha value is -1.10. The molecule has 0 bridgehead atoms. The van der Waals surface area contributed by atoms with Crippen LogP contribution in [-0.2, 0) is 4.79 Å². The van der Waals surface area contributed by atoms with E-state index < -0.39 is 5.82 Å². The van der Waals surface area contributed by atoms with E-state index in [9.17, 15) is 9.18 Å². The molecule has 1 N–H and O–H groups in total. The number of benzene rings is 1. The maximum Gasteiger partial charge on any atom is 0.230 e. The van der Waals surface area contributed by atoms with E-state index in [0.29, 0.717) is 10.2 Å². The van der Waals surface area contributed by atoms with Gasteiger partial charge in [-0.15, -0.1) is 0 Å². The zero-order valence-electron chi connectivity index (χ0n) is 8.01. The Labute approximate surface area is 94.7 Å². The summed E-state index contributed by atoms with van der Waals surface area (Å²) in [6.07, 6.45) is 0. The average Bonchev–Trinajstić information content (AvgIpc) is 2.27. The van der Waals surface area contributed by atoms with Gasteiger partial charge in [0.15, 0.2) is 11.6 Å². The van der Waals surface area contributed by atoms with Crippen molar-refractivity contribution in [2.75, 3.05) is 11.9 Å². The minimum atomic E-state index is -0.478. The standard InChI is InChI=1S/C10H9BrFNO2/c1-5-4-15-9-7(12)2-6(11)3-8(9)13-10(5)14/h2-3,5H,4H2,1H3,(H,13,14). The van der Waals surface area contributed by atoms with Gasteiger partial charge in [-0.2, -0.15) is 0 Å². The van der Waals surface area contributed by atoms with E-state index in [0.717, 1.165) is 0 Å². The van der Waals surface area contributed by atoms with Gasteiger partial charge in [-0.25, -0.2) is 4.39 Å². The van der Waals surface area contributed by atoms with E-state index in [1.807, 2.05) is 0 Å². The van der Waals surface area contributed by atoms with Crippen LogP contribution in [0.5, 0.6) is 5.75 Å². The Morgan fingerprint density at radius 2 is 2.33 bits per heavy atom. The molecule has 0 saturated carbocycles. The van der Waals surface area contributed by atoms with Gasteiger partial charge in [0, 0.05) is 4.47 Å². The van der Waals surface area contributed by atoms with Gasteiger partial charge in [0.25, 0.3) is 0 Å². The summed E-state index contributed by atoms with van der Waals surface area (Å²) in [6, 6.07) is 2.93. The Morgan fingerprint density at radius 3 is 3.07 bits per heavy atom. The van der Waals surface area contributed by atoms with Gasteiger partial charge in [0.2, 0.25) is 5.91 Å². The molecule has 2 rings (SSSR count). The van der Waals surface area contributed by atoms with Gasteiger partial charge in [-0.3, -0.25) is 4.79 Å². The number of carbonyl (C=O) groups is 1. The number of anilines is 1. The molecule has 0 aromatic heterocycles. The zero-order valence-corrected chi connectivity index (χ0v) is 9.60. The quantitative estimate of drug-likeness (QED) is 0.789. The third-order valence-electron chi connectivity index (χ3n) is 2.19. The smallest absolute Gasteiger partial charge is 0.230 e. The van der Waals surface area contributed by atoms with Crippen LogP contribution in [0.4, 0.5) is 10.1 Å². The predicted octanol–water partition coefficient (Wildman–Crippen LogP) is 2.56. The largest absolute Gasteiger partial charge is 0.488 e. The normalized spacial score (nSPS) is 19.9. The molecular weight excluding hydrogens is 265 g/mol. The van der Waals surface area contributed by atoms with E-state index >= 15 is 0 Å². The third kappa shape index (κ3) is 1.97. The van der Waals surface area contributed by atoms with Crippen molar-refractivity contribution in [3.05, 3.63) is 22.4 Å². The van der Waals surface area contributed by atoms with Crippen molar-refractivity contribution in [1.82, 2.24) is 0 Å². The first-order valence-electron chi connectivity index (χ1n) is 4.50. The molecule has 1 aromatic rings. The summed E-state index contributed by atoms with van der Waals surface area (Å²) >= 11 is 3.15. The van der Waals surface area contributed by atoms with Gasteiger partial charge in [-0.1, -0.05) is 22.9 Å². The maximum absolute atomic E-state index is 13.5. The van der Waals surface area contributed by atoms with E-state index in [2.05, 4.69) is 21.2 Å². The average molecular weight is 274 g/mol. The minimum Gasteiger partial charge on any atom is -0.488 e. The highest BCUT2D eigenvalue weighted by Gasteiger charge is 2.23. The first-order chi connectivity index (χ1) is 7.08. The van der Waals surface area contributed by atoms with Gasteiger partial charge in [0.05, 0.1) is 18.2 Å². The summed E-state index contributed by atoms with van der Waals surface area (Å²) < 4.78 is 19.3. The summed E-state index contributed by atoms with van der Waals surface area (Å²) in [5.41, 5.74) is 0.372. The van der Waals surface area contributed by atoms with Crippen molar-refractivity contribution in [2.24, 2.45) is 5.92 Å². The van der Waals surface area contributed by atoms with Crippen LogP contribution in [0.2, 0.25) is 0 Å². The molecule has 1 unspecified atom stereocenters. The van der Waals surface area contributed by atoms with Crippen LogP contribution in [-0.4, -0.2) is 12.5 Å². The fraction of sp³-hybridized carbons (Fsp3) is 0.300. The second-order valence-corrected chi connectivity index (χ2v) is 4.38. The van der Waals surface area contributed by atoms with E-state index in [1.165, 1.54) is 6.07 Å². The molecule has 0 aliphatic carbocycles. The maximum atomic E-state index is 13.5. The number of fused-ring (bicyclic) bond motifs is 1. The van der Waals surface area contributed by atoms with Crippen LogP contribution in [0.15, 0.2) is 16.6 Å². The van der Waals surface area contributed by atoms with Crippen LogP contribution in [0, 0.1) is 11.7 Å². The molecular formula is C10H9BrFNO2. The van der Waals surface area contributed by atoms with Gasteiger partial charge < -0.3 is 10.1 Å². The second-order valence-electron chi connectivity index (χ2n) is 3.47. The molecule has 1 heterocycles. The summed E-state index contributed by atoms with van der Waals surface area (Å²) in [5, 5.41) is 2.62. The van der Waals surface area contributed by atoms with Crippen LogP contribution in [0.3, 0.4) is 0 Å². The molecule has 0 radical (unpaired) electrons. The number of hydrogen-bond donors (Lipinski definition) is 1. The lowest BCUT2D eigenvalue weighted by Crippen LogP contribution is -2.21. The van der Waals surface area contributed by atoms with Crippen molar-refractivity contribution in [3.63, 3.8) is 0 Å². The number of rotatable bonds is 0. The van der Waals surface area contributed by atoms with Gasteiger partial charge in [0.1, 0.15) is 0 Å². The molecule has 80 valence electrons. The minimum absolute atomic E-state index is 0.107. The highest BCUT2D eigenvalue weighted by molar-refractivity contribution is 9.10. The van der Waals surface area contributed by atoms with Crippen molar-refractivity contribution in [2.45, 2.75) is 6.92 Å². The fourth-order valence-corrected chi connectivity index (χ4v) is 1.77. The molecule has 0 spiro atoms. The lowest BCUT2D eigenvalue weighted by molar-refractivity contribution is -0.119. The molecule has 0 saturated heterocycles. The molecule has 15 heavy (non-hydrogen) atoms. The Bertz CT molecular complexity index is 422. The van der Waals surface area contributed by atoms with Crippen LogP contribution in [0.25, 0.3) is 0 Å². The molecule has 1 atom stereocenters. The monoisotopic (exact) mass is 273 g/mol. The molecule has 1 aromatic carbocycles.